The van der Waals surface area contributed by atoms with E-state index in [2.05, 4.69) is 51.4 Å². The van der Waals surface area contributed by atoms with Crippen molar-refractivity contribution < 1.29 is 4.79 Å². The van der Waals surface area contributed by atoms with Crippen molar-refractivity contribution >= 4 is 17.5 Å². The number of para-hydroxylation sites is 1. The van der Waals surface area contributed by atoms with Crippen LogP contribution in [-0.4, -0.2) is 28.5 Å². The lowest BCUT2D eigenvalue weighted by molar-refractivity contribution is 0.0949. The zero-order chi connectivity index (χ0) is 19.5. The van der Waals surface area contributed by atoms with Gasteiger partial charge in [-0.3, -0.25) is 4.79 Å². The third kappa shape index (κ3) is 3.93. The molecule has 4 rings (SSSR count). The summed E-state index contributed by atoms with van der Waals surface area (Å²) in [7, 11) is 0. The minimum atomic E-state index is -0.122. The molecular weight excluding hydrogens is 348 g/mol. The lowest BCUT2D eigenvalue weighted by Crippen LogP contribution is -2.29. The first-order valence-corrected chi connectivity index (χ1v) is 10.3. The lowest BCUT2D eigenvalue weighted by Gasteiger charge is -2.23. The van der Waals surface area contributed by atoms with E-state index in [9.17, 15) is 4.79 Å². The van der Waals surface area contributed by atoms with Crippen LogP contribution in [0.3, 0.4) is 0 Å². The molecule has 1 aromatic heterocycles. The number of hydrogen-bond donors (Lipinski definition) is 1. The van der Waals surface area contributed by atoms with Crippen molar-refractivity contribution in [2.75, 3.05) is 11.4 Å². The van der Waals surface area contributed by atoms with Crippen molar-refractivity contribution in [1.82, 2.24) is 15.3 Å². The van der Waals surface area contributed by atoms with Crippen molar-refractivity contribution in [3.05, 3.63) is 58.9 Å². The standard InChI is InChI=1S/C23H28N4O/c1-16-14-20(22(28)24-13-12-18-8-4-3-5-9-18)26-23(25-16)27-17(2)15-19-10-6-7-11-21(19)27/h6-8,10-11,14,17H,3-5,9,12-13,15H2,1-2H3,(H,24,28). The van der Waals surface area contributed by atoms with Crippen molar-refractivity contribution in [3.63, 3.8) is 0 Å². The molecule has 2 heterocycles. The van der Waals surface area contributed by atoms with E-state index in [1.54, 1.807) is 6.07 Å². The quantitative estimate of drug-likeness (QED) is 0.781. The molecule has 2 aromatic rings. The first kappa shape index (κ1) is 18.7. The smallest absolute Gasteiger partial charge is 0.270 e. The molecule has 0 saturated carbocycles. The molecule has 0 fully saturated rings. The number of rotatable bonds is 5. The molecule has 1 aliphatic heterocycles. The van der Waals surface area contributed by atoms with E-state index in [4.69, 9.17) is 0 Å². The minimum absolute atomic E-state index is 0.122. The molecule has 0 bridgehead atoms. The van der Waals surface area contributed by atoms with E-state index < -0.39 is 0 Å². The van der Waals surface area contributed by atoms with Crippen LogP contribution >= 0.6 is 0 Å². The Hall–Kier alpha value is -2.69. The summed E-state index contributed by atoms with van der Waals surface area (Å²) in [6.07, 6.45) is 9.12. The summed E-state index contributed by atoms with van der Waals surface area (Å²) in [6, 6.07) is 10.4. The summed E-state index contributed by atoms with van der Waals surface area (Å²) < 4.78 is 0. The number of anilines is 2. The fourth-order valence-electron chi connectivity index (χ4n) is 4.21. The van der Waals surface area contributed by atoms with Crippen LogP contribution < -0.4 is 10.2 Å². The van der Waals surface area contributed by atoms with Crippen molar-refractivity contribution in [3.8, 4) is 0 Å². The van der Waals surface area contributed by atoms with Gasteiger partial charge in [0.05, 0.1) is 0 Å². The maximum absolute atomic E-state index is 12.7. The minimum Gasteiger partial charge on any atom is -0.350 e. The molecule has 28 heavy (non-hydrogen) atoms. The van der Waals surface area contributed by atoms with Gasteiger partial charge in [0.25, 0.3) is 5.91 Å². The van der Waals surface area contributed by atoms with Gasteiger partial charge in [-0.25, -0.2) is 9.97 Å². The Balaban J connectivity index is 1.49. The number of nitrogens with zero attached hydrogens (tertiary/aromatic N) is 3. The van der Waals surface area contributed by atoms with Crippen LogP contribution in [0.1, 0.15) is 60.8 Å². The molecular formula is C23H28N4O. The predicted octanol–water partition coefficient (Wildman–Crippen LogP) is 4.49. The van der Waals surface area contributed by atoms with E-state index in [0.29, 0.717) is 18.2 Å². The largest absolute Gasteiger partial charge is 0.350 e. The predicted molar refractivity (Wildman–Crippen MR) is 112 cm³/mol. The molecule has 1 aliphatic carbocycles. The molecule has 146 valence electrons. The van der Waals surface area contributed by atoms with Crippen LogP contribution in [0.25, 0.3) is 0 Å². The maximum Gasteiger partial charge on any atom is 0.270 e. The van der Waals surface area contributed by atoms with Gasteiger partial charge in [-0.1, -0.05) is 29.8 Å². The highest BCUT2D eigenvalue weighted by Gasteiger charge is 2.29. The lowest BCUT2D eigenvalue weighted by atomic mass is 9.97. The Labute approximate surface area is 166 Å². The second-order valence-electron chi connectivity index (χ2n) is 7.86. The molecule has 5 nitrogen and oxygen atoms in total. The normalized spacial score (nSPS) is 18.6. The summed E-state index contributed by atoms with van der Waals surface area (Å²) in [6.45, 7) is 4.75. The summed E-state index contributed by atoms with van der Waals surface area (Å²) in [4.78, 5) is 24.1. The van der Waals surface area contributed by atoms with Gasteiger partial charge in [0.15, 0.2) is 0 Å². The van der Waals surface area contributed by atoms with Gasteiger partial charge in [-0.15, -0.1) is 0 Å². The third-order valence-electron chi connectivity index (χ3n) is 5.61. The van der Waals surface area contributed by atoms with Crippen LogP contribution in [0.5, 0.6) is 0 Å². The van der Waals surface area contributed by atoms with E-state index in [0.717, 1.165) is 24.2 Å². The van der Waals surface area contributed by atoms with Crippen LogP contribution in [0, 0.1) is 6.92 Å². The van der Waals surface area contributed by atoms with E-state index in [-0.39, 0.29) is 11.9 Å². The summed E-state index contributed by atoms with van der Waals surface area (Å²) in [5.41, 5.74) is 5.15. The molecule has 0 saturated heterocycles. The van der Waals surface area contributed by atoms with Gasteiger partial charge >= 0.3 is 0 Å². The first-order chi connectivity index (χ1) is 13.6. The molecule has 1 aromatic carbocycles. The number of amides is 1. The zero-order valence-electron chi connectivity index (χ0n) is 16.7. The highest BCUT2D eigenvalue weighted by Crippen LogP contribution is 2.36. The number of carbonyl (C=O) groups is 1. The highest BCUT2D eigenvalue weighted by atomic mass is 16.1. The summed E-state index contributed by atoms with van der Waals surface area (Å²) >= 11 is 0. The SMILES string of the molecule is Cc1cc(C(=O)NCCC2=CCCCC2)nc(N2c3ccccc3CC2C)n1. The van der Waals surface area contributed by atoms with Crippen molar-refractivity contribution in [1.29, 1.82) is 0 Å². The van der Waals surface area contributed by atoms with E-state index in [1.807, 2.05) is 13.0 Å². The average molecular weight is 377 g/mol. The van der Waals surface area contributed by atoms with Gasteiger partial charge in [-0.05, 0) is 70.1 Å². The van der Waals surface area contributed by atoms with Crippen LogP contribution in [0.4, 0.5) is 11.6 Å². The van der Waals surface area contributed by atoms with E-state index >= 15 is 0 Å². The number of nitrogens with one attached hydrogen (secondary N) is 1. The Morgan fingerprint density at radius 3 is 2.93 bits per heavy atom. The topological polar surface area (TPSA) is 58.1 Å². The molecule has 1 N–H and O–H groups in total. The highest BCUT2D eigenvalue weighted by molar-refractivity contribution is 5.92. The zero-order valence-corrected chi connectivity index (χ0v) is 16.7. The number of benzene rings is 1. The average Bonchev–Trinajstić information content (AvgIpc) is 3.04. The summed E-state index contributed by atoms with van der Waals surface area (Å²) in [5, 5.41) is 3.03. The number of hydrogen-bond acceptors (Lipinski definition) is 4. The van der Waals surface area contributed by atoms with Gasteiger partial charge in [-0.2, -0.15) is 0 Å². The van der Waals surface area contributed by atoms with Gasteiger partial charge in [0.2, 0.25) is 5.95 Å². The first-order valence-electron chi connectivity index (χ1n) is 10.3. The molecule has 1 unspecified atom stereocenters. The number of fused-ring (bicyclic) bond motifs is 1. The van der Waals surface area contributed by atoms with Gasteiger partial charge in [0, 0.05) is 24.0 Å². The molecule has 1 atom stereocenters. The fraction of sp³-hybridized carbons (Fsp3) is 0.435. The van der Waals surface area contributed by atoms with Crippen molar-refractivity contribution in [2.45, 2.75) is 58.4 Å². The van der Waals surface area contributed by atoms with E-state index in [1.165, 1.54) is 36.8 Å². The molecule has 0 radical (unpaired) electrons. The second-order valence-corrected chi connectivity index (χ2v) is 7.86. The van der Waals surface area contributed by atoms with Crippen LogP contribution in [-0.2, 0) is 6.42 Å². The Morgan fingerprint density at radius 2 is 2.11 bits per heavy atom. The molecule has 5 heteroatoms. The van der Waals surface area contributed by atoms with Gasteiger partial charge < -0.3 is 10.2 Å². The Kier molecular flexibility index (Phi) is 5.42. The van der Waals surface area contributed by atoms with Crippen LogP contribution in [0.2, 0.25) is 0 Å². The summed E-state index contributed by atoms with van der Waals surface area (Å²) in [5.74, 6) is 0.487. The number of allylic oxidation sites excluding steroid dienone is 1. The van der Waals surface area contributed by atoms with Crippen molar-refractivity contribution in [2.24, 2.45) is 0 Å². The third-order valence-corrected chi connectivity index (χ3v) is 5.61. The molecule has 0 spiro atoms. The Morgan fingerprint density at radius 1 is 1.25 bits per heavy atom. The Bertz CT molecular complexity index is 905. The number of aromatic nitrogens is 2. The monoisotopic (exact) mass is 376 g/mol. The fourth-order valence-corrected chi connectivity index (χ4v) is 4.21. The molecule has 1 amide bonds. The number of carbonyl (C=O) groups excluding carboxylic acids is 1. The second kappa shape index (κ2) is 8.13. The number of aryl methyl sites for hydroxylation is 1. The van der Waals surface area contributed by atoms with Gasteiger partial charge in [0.1, 0.15) is 5.69 Å². The molecule has 2 aliphatic rings. The van der Waals surface area contributed by atoms with Crippen LogP contribution in [0.15, 0.2) is 42.0 Å². The maximum atomic E-state index is 12.7.